The minimum atomic E-state index is -0.128. The number of methoxy groups -OCH3 is 1. The Balaban J connectivity index is 1.77. The van der Waals surface area contributed by atoms with E-state index < -0.39 is 0 Å². The first-order chi connectivity index (χ1) is 11.1. The van der Waals surface area contributed by atoms with E-state index in [1.54, 1.807) is 7.11 Å². The van der Waals surface area contributed by atoms with E-state index >= 15 is 0 Å². The molecule has 2 saturated heterocycles. The summed E-state index contributed by atoms with van der Waals surface area (Å²) >= 11 is 0. The predicted octanol–water partition coefficient (Wildman–Crippen LogP) is 1.22. The summed E-state index contributed by atoms with van der Waals surface area (Å²) in [5.41, 5.74) is -0.128. The molecule has 0 aliphatic carbocycles. The maximum atomic E-state index is 5.77. The van der Waals surface area contributed by atoms with Crippen molar-refractivity contribution in [1.29, 1.82) is 0 Å². The van der Waals surface area contributed by atoms with Gasteiger partial charge in [-0.2, -0.15) is 0 Å². The lowest BCUT2D eigenvalue weighted by molar-refractivity contribution is -0.0855. The number of hydrogen-bond acceptors (Lipinski definition) is 4. The van der Waals surface area contributed by atoms with Crippen LogP contribution in [0, 0.1) is 0 Å². The van der Waals surface area contributed by atoms with Gasteiger partial charge in [-0.1, -0.05) is 0 Å². The maximum absolute atomic E-state index is 5.77. The average molecular weight is 326 g/mol. The largest absolute Gasteiger partial charge is 0.381 e. The number of likely N-dealkylation sites (tertiary alicyclic amines) is 1. The monoisotopic (exact) mass is 326 g/mol. The molecule has 2 aliphatic rings. The summed E-state index contributed by atoms with van der Waals surface area (Å²) in [5, 5.41) is 7.03. The Kier molecular flexibility index (Phi) is 7.11. The van der Waals surface area contributed by atoms with Gasteiger partial charge in [0.15, 0.2) is 5.96 Å². The zero-order valence-electron chi connectivity index (χ0n) is 15.2. The fourth-order valence-electron chi connectivity index (χ4n) is 3.39. The third kappa shape index (κ3) is 5.33. The number of piperidine rings is 1. The van der Waals surface area contributed by atoms with Crippen LogP contribution in [-0.2, 0) is 9.47 Å². The molecule has 0 bridgehead atoms. The van der Waals surface area contributed by atoms with E-state index in [-0.39, 0.29) is 5.60 Å². The van der Waals surface area contributed by atoms with Gasteiger partial charge in [0.1, 0.15) is 0 Å². The molecule has 6 nitrogen and oxygen atoms in total. The molecule has 6 heteroatoms. The molecule has 0 aromatic carbocycles. The first kappa shape index (κ1) is 18.5. The van der Waals surface area contributed by atoms with Crippen molar-refractivity contribution in [2.24, 2.45) is 4.99 Å². The van der Waals surface area contributed by atoms with Crippen molar-refractivity contribution in [3.05, 3.63) is 0 Å². The highest BCUT2D eigenvalue weighted by Gasteiger charge is 2.32. The summed E-state index contributed by atoms with van der Waals surface area (Å²) in [5.74, 6) is 0.885. The highest BCUT2D eigenvalue weighted by atomic mass is 16.5. The van der Waals surface area contributed by atoms with Crippen LogP contribution < -0.4 is 10.6 Å². The van der Waals surface area contributed by atoms with Gasteiger partial charge in [0.2, 0.25) is 0 Å². The topological polar surface area (TPSA) is 58.1 Å². The summed E-state index contributed by atoms with van der Waals surface area (Å²) in [7, 11) is 3.63. The normalized spacial score (nSPS) is 24.0. The number of nitrogens with one attached hydrogen (secondary N) is 2. The number of nitrogens with zero attached hydrogens (tertiary/aromatic N) is 2. The summed E-state index contributed by atoms with van der Waals surface area (Å²) in [6, 6.07) is 1.15. The lowest BCUT2D eigenvalue weighted by atomic mass is 9.94. The first-order valence-electron chi connectivity index (χ1n) is 8.93. The Hall–Kier alpha value is -0.850. The predicted molar refractivity (Wildman–Crippen MR) is 94.0 cm³/mol. The fourth-order valence-corrected chi connectivity index (χ4v) is 3.39. The van der Waals surface area contributed by atoms with Crippen molar-refractivity contribution >= 4 is 5.96 Å². The minimum Gasteiger partial charge on any atom is -0.381 e. The van der Waals surface area contributed by atoms with Crippen molar-refractivity contribution in [2.45, 2.75) is 57.2 Å². The Morgan fingerprint density at radius 3 is 2.48 bits per heavy atom. The van der Waals surface area contributed by atoms with E-state index in [9.17, 15) is 0 Å². The van der Waals surface area contributed by atoms with Gasteiger partial charge in [0, 0.05) is 71.9 Å². The van der Waals surface area contributed by atoms with Gasteiger partial charge >= 0.3 is 0 Å². The van der Waals surface area contributed by atoms with Crippen LogP contribution in [0.25, 0.3) is 0 Å². The van der Waals surface area contributed by atoms with Crippen LogP contribution in [0.4, 0.5) is 0 Å². The van der Waals surface area contributed by atoms with Crippen LogP contribution >= 0.6 is 0 Å². The molecule has 2 N–H and O–H groups in total. The van der Waals surface area contributed by atoms with Crippen LogP contribution in [-0.4, -0.2) is 75.5 Å². The number of aliphatic imine (C=N–C) groups is 1. The SMILES string of the molecule is CN=C(NCC1(OC)CCOCC1)NC1CCN(C(C)C)CC1. The van der Waals surface area contributed by atoms with Crippen LogP contribution in [0.3, 0.4) is 0 Å². The van der Waals surface area contributed by atoms with Crippen LogP contribution in [0.2, 0.25) is 0 Å². The first-order valence-corrected chi connectivity index (χ1v) is 8.93. The molecular weight excluding hydrogens is 292 g/mol. The molecule has 134 valence electrons. The van der Waals surface area contributed by atoms with E-state index in [0.717, 1.165) is 51.6 Å². The molecule has 23 heavy (non-hydrogen) atoms. The quantitative estimate of drug-likeness (QED) is 0.588. The molecule has 0 saturated carbocycles. The molecule has 0 aromatic rings. The molecule has 2 fully saturated rings. The van der Waals surface area contributed by atoms with Crippen molar-refractivity contribution in [3.63, 3.8) is 0 Å². The number of hydrogen-bond donors (Lipinski definition) is 2. The van der Waals surface area contributed by atoms with Gasteiger partial charge in [0.25, 0.3) is 0 Å². The van der Waals surface area contributed by atoms with Gasteiger partial charge in [-0.25, -0.2) is 0 Å². The smallest absolute Gasteiger partial charge is 0.191 e. The highest BCUT2D eigenvalue weighted by molar-refractivity contribution is 5.80. The van der Waals surface area contributed by atoms with Crippen molar-refractivity contribution in [2.75, 3.05) is 47.0 Å². The van der Waals surface area contributed by atoms with Gasteiger partial charge in [-0.15, -0.1) is 0 Å². The van der Waals surface area contributed by atoms with Gasteiger partial charge in [-0.05, 0) is 26.7 Å². The van der Waals surface area contributed by atoms with Crippen LogP contribution in [0.5, 0.6) is 0 Å². The Labute approximate surface area is 141 Å². The van der Waals surface area contributed by atoms with Crippen LogP contribution in [0.15, 0.2) is 4.99 Å². The van der Waals surface area contributed by atoms with Gasteiger partial charge in [0.05, 0.1) is 5.60 Å². The molecule has 2 rings (SSSR count). The molecule has 2 aliphatic heterocycles. The Morgan fingerprint density at radius 1 is 1.30 bits per heavy atom. The number of rotatable bonds is 5. The van der Waals surface area contributed by atoms with E-state index in [0.29, 0.717) is 12.1 Å². The number of ether oxygens (including phenoxy) is 2. The lowest BCUT2D eigenvalue weighted by Crippen LogP contribution is -2.54. The summed E-state index contributed by atoms with van der Waals surface area (Å²) in [6.07, 6.45) is 4.20. The summed E-state index contributed by atoms with van der Waals surface area (Å²) < 4.78 is 11.2. The molecule has 0 aromatic heterocycles. The summed E-state index contributed by atoms with van der Waals surface area (Å²) in [4.78, 5) is 6.92. The van der Waals surface area contributed by atoms with Crippen LogP contribution in [0.1, 0.15) is 39.5 Å². The Morgan fingerprint density at radius 2 is 1.96 bits per heavy atom. The van der Waals surface area contributed by atoms with E-state index in [1.807, 2.05) is 7.05 Å². The molecule has 2 heterocycles. The maximum Gasteiger partial charge on any atom is 0.191 e. The van der Waals surface area contributed by atoms with Gasteiger partial charge in [-0.3, -0.25) is 4.99 Å². The fraction of sp³-hybridized carbons (Fsp3) is 0.941. The van der Waals surface area contributed by atoms with E-state index in [1.165, 1.54) is 12.8 Å². The zero-order valence-corrected chi connectivity index (χ0v) is 15.2. The second kappa shape index (κ2) is 8.85. The van der Waals surface area contributed by atoms with E-state index in [4.69, 9.17) is 9.47 Å². The highest BCUT2D eigenvalue weighted by Crippen LogP contribution is 2.23. The van der Waals surface area contributed by atoms with Crippen molar-refractivity contribution < 1.29 is 9.47 Å². The van der Waals surface area contributed by atoms with E-state index in [2.05, 4.69) is 34.4 Å². The lowest BCUT2D eigenvalue weighted by Gasteiger charge is -2.37. The standard InChI is InChI=1S/C17H34N4O2/c1-14(2)21-9-5-15(6-10-21)20-16(18-3)19-13-17(22-4)7-11-23-12-8-17/h14-15H,5-13H2,1-4H3,(H2,18,19,20). The minimum absolute atomic E-state index is 0.128. The van der Waals surface area contributed by atoms with Gasteiger partial charge < -0.3 is 25.0 Å². The average Bonchev–Trinajstić information content (AvgIpc) is 2.59. The zero-order chi connectivity index (χ0) is 16.7. The molecule has 0 unspecified atom stereocenters. The Bertz CT molecular complexity index is 373. The molecular formula is C17H34N4O2. The molecule has 0 atom stereocenters. The second-order valence-corrected chi connectivity index (χ2v) is 6.97. The van der Waals surface area contributed by atoms with Crippen molar-refractivity contribution in [3.8, 4) is 0 Å². The third-order valence-electron chi connectivity index (χ3n) is 5.24. The number of guanidine groups is 1. The molecule has 0 amide bonds. The second-order valence-electron chi connectivity index (χ2n) is 6.97. The molecule has 0 spiro atoms. The molecule has 0 radical (unpaired) electrons. The summed E-state index contributed by atoms with van der Waals surface area (Å²) in [6.45, 7) is 9.18. The van der Waals surface area contributed by atoms with Crippen molar-refractivity contribution in [1.82, 2.24) is 15.5 Å². The third-order valence-corrected chi connectivity index (χ3v) is 5.24.